The van der Waals surface area contributed by atoms with E-state index in [1.165, 1.54) is 38.5 Å². The number of rotatable bonds is 12. The molecule has 0 aliphatic heterocycles. The molecule has 2 aliphatic rings. The summed E-state index contributed by atoms with van der Waals surface area (Å²) in [6.45, 7) is 4.73. The van der Waals surface area contributed by atoms with Crippen LogP contribution in [0.15, 0.2) is 48.5 Å². The molecule has 0 radical (unpaired) electrons. The summed E-state index contributed by atoms with van der Waals surface area (Å²) in [4.78, 5) is 75.5. The summed E-state index contributed by atoms with van der Waals surface area (Å²) < 4.78 is 15.6. The fraction of sp³-hybridized carbons (Fsp3) is 0.575. The van der Waals surface area contributed by atoms with E-state index in [2.05, 4.69) is 10.1 Å². The van der Waals surface area contributed by atoms with Crippen LogP contribution in [0.3, 0.4) is 0 Å². The maximum Gasteiger partial charge on any atom is 0.308 e. The topological polar surface area (TPSA) is 248 Å². The molecule has 4 rings (SSSR count). The molecule has 16 nitrogen and oxygen atoms in total. The number of hydrogen-bond acceptors (Lipinski definition) is 12. The number of amides is 1. The van der Waals surface area contributed by atoms with Gasteiger partial charge in [0.05, 0.1) is 48.7 Å². The van der Waals surface area contributed by atoms with Crippen LogP contribution in [0.2, 0.25) is 0 Å². The average Bonchev–Trinajstić information content (AvgIpc) is 3.20. The minimum absolute atomic E-state index is 0. The minimum atomic E-state index is -1.07. The second kappa shape index (κ2) is 31.6. The second-order valence-electron chi connectivity index (χ2n) is 13.1. The number of carboxylic acids is 1. The standard InChI is InChI=1S/C17H22N2O5.C9H17NO2.C8H7NO4.C4H8O.CH3I.CH4/c1-24-17(21)13-8-6-12(7-9-13)11-18-16(20)10-14-4-2-3-5-15(14)19(22)23;1-12-9(11)8-4-2-7(6-10)3-5-8;10-8(11)5-6-3-1-2-4-7(6)9(12)13;1-3-4(2)5;1-2;/h2-5,12-13H,6-11H2,1H3,(H,18,20);7-8H,2-6,10H2,1H3;1-4H,5H2,(H,10,11);3H2,1-2H3;1H3;1H4/i;;;;1D;. The number of ketones is 1. The number of para-hydroxylation sites is 2. The normalized spacial score (nSPS) is 18.0. The summed E-state index contributed by atoms with van der Waals surface area (Å²) >= 11 is 1.96. The third-order valence-electron chi connectivity index (χ3n) is 9.25. The summed E-state index contributed by atoms with van der Waals surface area (Å²) in [6.07, 6.45) is 7.69. The van der Waals surface area contributed by atoms with Gasteiger partial charge in [-0.15, -0.1) is 0 Å². The Balaban J connectivity index is 0. The predicted octanol–water partition coefficient (Wildman–Crippen LogP) is 7.05. The lowest BCUT2D eigenvalue weighted by molar-refractivity contribution is -0.385. The van der Waals surface area contributed by atoms with Gasteiger partial charge in [0.25, 0.3) is 11.4 Å². The Hall–Kier alpha value is -4.52. The van der Waals surface area contributed by atoms with Crippen molar-refractivity contribution in [2.24, 2.45) is 29.4 Å². The number of hydrogen-bond donors (Lipinski definition) is 3. The van der Waals surface area contributed by atoms with Crippen molar-refractivity contribution in [1.82, 2.24) is 5.32 Å². The first kappa shape index (κ1) is 52.5. The number of carboxylic acid groups (broad SMARTS) is 1. The van der Waals surface area contributed by atoms with E-state index in [9.17, 15) is 44.2 Å². The largest absolute Gasteiger partial charge is 0.481 e. The second-order valence-corrected chi connectivity index (χ2v) is 13.1. The van der Waals surface area contributed by atoms with Crippen LogP contribution in [0.25, 0.3) is 0 Å². The van der Waals surface area contributed by atoms with E-state index < -0.39 is 15.8 Å². The first-order valence-corrected chi connectivity index (χ1v) is 19.7. The lowest BCUT2D eigenvalue weighted by Crippen LogP contribution is -2.33. The highest BCUT2D eigenvalue weighted by molar-refractivity contribution is 14.1. The van der Waals surface area contributed by atoms with Crippen molar-refractivity contribution in [3.05, 3.63) is 79.9 Å². The van der Waals surface area contributed by atoms with Gasteiger partial charge >= 0.3 is 17.9 Å². The van der Waals surface area contributed by atoms with Crippen molar-refractivity contribution in [2.45, 2.75) is 91.9 Å². The number of halogens is 1. The number of aliphatic carboxylic acids is 1. The van der Waals surface area contributed by atoms with Crippen molar-refractivity contribution in [3.8, 4) is 0 Å². The number of esters is 2. The molecule has 1 amide bonds. The van der Waals surface area contributed by atoms with Crippen LogP contribution in [0.1, 0.15) is 91.6 Å². The molecule has 2 aromatic rings. The van der Waals surface area contributed by atoms with Crippen LogP contribution in [0, 0.1) is 43.9 Å². The molecule has 2 saturated carbocycles. The molecule has 4 N–H and O–H groups in total. The Morgan fingerprint density at radius 3 is 1.51 bits per heavy atom. The fourth-order valence-electron chi connectivity index (χ4n) is 5.90. The number of carbonyl (C=O) groups is 5. The molecule has 2 fully saturated rings. The van der Waals surface area contributed by atoms with Gasteiger partial charge in [-0.25, -0.2) is 0 Å². The number of methoxy groups -OCH3 is 2. The fourth-order valence-corrected chi connectivity index (χ4v) is 5.90. The van der Waals surface area contributed by atoms with Crippen LogP contribution in [-0.4, -0.2) is 76.8 Å². The van der Waals surface area contributed by atoms with Crippen molar-refractivity contribution in [3.63, 3.8) is 0 Å². The number of nitro groups is 2. The molecule has 57 heavy (non-hydrogen) atoms. The highest BCUT2D eigenvalue weighted by Crippen LogP contribution is 2.30. The molecule has 0 atom stereocenters. The van der Waals surface area contributed by atoms with Gasteiger partial charge in [-0.05, 0) is 81.6 Å². The minimum Gasteiger partial charge on any atom is -0.481 e. The molecule has 17 heteroatoms. The van der Waals surface area contributed by atoms with E-state index in [1.54, 1.807) is 31.2 Å². The number of ether oxygens (including phenoxy) is 2. The van der Waals surface area contributed by atoms with E-state index in [0.29, 0.717) is 35.3 Å². The first-order chi connectivity index (χ1) is 27.1. The van der Waals surface area contributed by atoms with E-state index >= 15 is 0 Å². The van der Waals surface area contributed by atoms with Gasteiger partial charge < -0.3 is 30.4 Å². The monoisotopic (exact) mass is 917 g/mol. The number of nitrogens with two attached hydrogens (primary N) is 1. The molecule has 2 aromatic carbocycles. The third-order valence-corrected chi connectivity index (χ3v) is 9.25. The summed E-state index contributed by atoms with van der Waals surface area (Å²) in [5.74, 6) is -0.184. The number of nitrogens with zero attached hydrogens (tertiary/aromatic N) is 2. The van der Waals surface area contributed by atoms with Crippen LogP contribution >= 0.6 is 22.6 Å². The first-order valence-electron chi connectivity index (χ1n) is 18.9. The smallest absolute Gasteiger partial charge is 0.308 e. The van der Waals surface area contributed by atoms with E-state index in [1.807, 2.05) is 29.5 Å². The molecule has 0 unspecified atom stereocenters. The number of Topliss-reactive ketones (excluding diaryl/α,β-unsaturated/α-hetero) is 1. The summed E-state index contributed by atoms with van der Waals surface area (Å²) in [5, 5.41) is 32.7. The zero-order chi connectivity index (χ0) is 43.3. The summed E-state index contributed by atoms with van der Waals surface area (Å²) in [5.41, 5.74) is 5.99. The van der Waals surface area contributed by atoms with Gasteiger partial charge in [0.1, 0.15) is 5.78 Å². The number of benzene rings is 2. The highest BCUT2D eigenvalue weighted by Gasteiger charge is 2.28. The predicted molar refractivity (Wildman–Crippen MR) is 226 cm³/mol. The van der Waals surface area contributed by atoms with Crippen LogP contribution in [0.4, 0.5) is 11.4 Å². The van der Waals surface area contributed by atoms with Gasteiger partial charge in [0, 0.05) is 37.6 Å². The Labute approximate surface area is 350 Å². The van der Waals surface area contributed by atoms with Crippen LogP contribution in [-0.2, 0) is 46.3 Å². The maximum absolute atomic E-state index is 12.0. The number of nitro benzene ring substituents is 2. The molecule has 320 valence electrons. The zero-order valence-corrected chi connectivity index (χ0v) is 34.8. The average molecular weight is 918 g/mol. The van der Waals surface area contributed by atoms with Crippen molar-refractivity contribution in [1.29, 1.82) is 0 Å². The Morgan fingerprint density at radius 2 is 1.18 bits per heavy atom. The van der Waals surface area contributed by atoms with E-state index in [-0.39, 0.29) is 72.7 Å². The highest BCUT2D eigenvalue weighted by atomic mass is 127. The van der Waals surface area contributed by atoms with Crippen molar-refractivity contribution < 1.29 is 49.8 Å². The Morgan fingerprint density at radius 1 is 0.807 bits per heavy atom. The summed E-state index contributed by atoms with van der Waals surface area (Å²) in [6, 6.07) is 12.1. The zero-order valence-electron chi connectivity index (χ0n) is 33.6. The van der Waals surface area contributed by atoms with Gasteiger partial charge in [-0.2, -0.15) is 0 Å². The number of alkyl halides is 1. The molecule has 0 aromatic heterocycles. The van der Waals surface area contributed by atoms with Crippen LogP contribution in [0.5, 0.6) is 0 Å². The number of nitrogens with one attached hydrogen (secondary N) is 1. The SMILES string of the molecule is C.CCC(C)=O.COC(=O)C1CCC(CN)CC1.COC(=O)C1CCC(CNC(=O)Cc2ccccc2[N+](=O)[O-])CC1.O=C(O)Cc1ccccc1[N+](=O)[O-].[2H]CI. The lowest BCUT2D eigenvalue weighted by Gasteiger charge is -2.26. The maximum atomic E-state index is 12.0. The summed E-state index contributed by atoms with van der Waals surface area (Å²) in [7, 11) is 2.86. The molecular formula is C40H61IN4O12. The van der Waals surface area contributed by atoms with E-state index in [0.717, 1.165) is 57.9 Å². The Kier molecular flexibility index (Phi) is 29.1. The van der Waals surface area contributed by atoms with Gasteiger partial charge in [-0.3, -0.25) is 39.4 Å². The molecule has 0 saturated heterocycles. The molecular weight excluding hydrogens is 855 g/mol. The third kappa shape index (κ3) is 22.7. The van der Waals surface area contributed by atoms with Crippen LogP contribution < -0.4 is 11.1 Å². The number of carbonyl (C=O) groups excluding carboxylic acids is 4. The van der Waals surface area contributed by atoms with Gasteiger partial charge in [0.15, 0.2) is 0 Å². The molecule has 0 bridgehead atoms. The van der Waals surface area contributed by atoms with Gasteiger partial charge in [-0.1, -0.05) is 73.3 Å². The molecule has 0 heterocycles. The van der Waals surface area contributed by atoms with E-state index in [4.69, 9.17) is 16.9 Å². The van der Waals surface area contributed by atoms with Gasteiger partial charge in [0.2, 0.25) is 5.91 Å². The van der Waals surface area contributed by atoms with Crippen molar-refractivity contribution >= 4 is 63.6 Å². The molecule has 0 spiro atoms. The lowest BCUT2D eigenvalue weighted by atomic mass is 9.82. The Bertz CT molecular complexity index is 1570. The molecule has 2 aliphatic carbocycles. The van der Waals surface area contributed by atoms with Crippen molar-refractivity contribution in [2.75, 3.05) is 32.2 Å². The quantitative estimate of drug-likeness (QED) is 0.0636.